The van der Waals surface area contributed by atoms with E-state index in [1.807, 2.05) is 0 Å². The van der Waals surface area contributed by atoms with Crippen LogP contribution in [0.2, 0.25) is 0 Å². The number of ketones is 1. The predicted octanol–water partition coefficient (Wildman–Crippen LogP) is 0.330. The van der Waals surface area contributed by atoms with Gasteiger partial charge in [-0.25, -0.2) is 4.57 Å². The number of benzene rings is 1. The molecule has 0 amide bonds. The Morgan fingerprint density at radius 3 is 2.27 bits per heavy atom. The molecule has 15 heavy (non-hydrogen) atoms. The fraction of sp³-hybridized carbons (Fsp3) is 0.125. The van der Waals surface area contributed by atoms with Crippen molar-refractivity contribution in [1.82, 2.24) is 0 Å². The van der Waals surface area contributed by atoms with Gasteiger partial charge in [0, 0.05) is 5.56 Å². The van der Waals surface area contributed by atoms with Crippen molar-refractivity contribution < 1.29 is 23.7 Å². The Kier molecular flexibility index (Phi) is 6.55. The zero-order chi connectivity index (χ0) is 10.6. The molecule has 78 valence electrons. The summed E-state index contributed by atoms with van der Waals surface area (Å²) in [5.74, 6) is -0.464. The van der Waals surface area contributed by atoms with Crippen LogP contribution in [0.5, 0.6) is 0 Å². The minimum absolute atomic E-state index is 0. The second kappa shape index (κ2) is 6.55. The second-order valence-electron chi connectivity index (χ2n) is 2.55. The van der Waals surface area contributed by atoms with Gasteiger partial charge >= 0.3 is 37.4 Å². The number of hydrogen-bond acceptors (Lipinski definition) is 3. The van der Waals surface area contributed by atoms with Gasteiger partial charge < -0.3 is 9.79 Å². The fourth-order valence-corrected chi connectivity index (χ4v) is 1.14. The number of hydrogen-bond donors (Lipinski definition) is 2. The van der Waals surface area contributed by atoms with Gasteiger partial charge in [-0.3, -0.25) is 9.32 Å². The van der Waals surface area contributed by atoms with Crippen molar-refractivity contribution in [3.8, 4) is 0 Å². The van der Waals surface area contributed by atoms with Crippen LogP contribution < -0.4 is 0 Å². The molecule has 0 aliphatic carbocycles. The first-order chi connectivity index (χ1) is 6.49. The quantitative estimate of drug-likeness (QED) is 0.450. The van der Waals surface area contributed by atoms with Crippen molar-refractivity contribution in [3.63, 3.8) is 0 Å². The summed E-state index contributed by atoms with van der Waals surface area (Å²) in [5.41, 5.74) is 0.362. The zero-order valence-electron chi connectivity index (χ0n) is 7.16. The van der Waals surface area contributed by atoms with Crippen molar-refractivity contribution >= 4 is 43.2 Å². The van der Waals surface area contributed by atoms with E-state index in [4.69, 9.17) is 9.79 Å². The molecule has 0 fully saturated rings. The Labute approximate surface area is 109 Å². The van der Waals surface area contributed by atoms with Crippen LogP contribution in [0, 0.1) is 0 Å². The summed E-state index contributed by atoms with van der Waals surface area (Å²) < 4.78 is 14.3. The molecule has 0 aliphatic heterocycles. The molecule has 5 nitrogen and oxygen atoms in total. The third kappa shape index (κ3) is 6.22. The molecule has 0 radical (unpaired) electrons. The normalized spacial score (nSPS) is 10.5. The third-order valence-electron chi connectivity index (χ3n) is 1.46. The molecular weight excluding hydrogens is 230 g/mol. The first kappa shape index (κ1) is 15.0. The van der Waals surface area contributed by atoms with E-state index in [-0.39, 0.29) is 29.6 Å². The Morgan fingerprint density at radius 2 is 1.80 bits per heavy atom. The molecule has 0 bridgehead atoms. The van der Waals surface area contributed by atoms with E-state index < -0.39 is 20.2 Å². The predicted molar refractivity (Wildman–Crippen MR) is 55.9 cm³/mol. The number of rotatable bonds is 4. The van der Waals surface area contributed by atoms with Crippen molar-refractivity contribution in [1.29, 1.82) is 0 Å². The van der Waals surface area contributed by atoms with Crippen LogP contribution in [0.25, 0.3) is 0 Å². The topological polar surface area (TPSA) is 83.8 Å². The molecule has 0 aliphatic rings. The van der Waals surface area contributed by atoms with Crippen LogP contribution >= 0.6 is 7.82 Å². The second-order valence-corrected chi connectivity index (χ2v) is 3.79. The maximum absolute atomic E-state index is 11.2. The number of carbonyl (C=O) groups excluding carboxylic acids is 1. The van der Waals surface area contributed by atoms with Crippen LogP contribution in [0.4, 0.5) is 0 Å². The van der Waals surface area contributed by atoms with E-state index in [0.717, 1.165) is 0 Å². The average Bonchev–Trinajstić information content (AvgIpc) is 2.14. The monoisotopic (exact) mass is 240 g/mol. The minimum atomic E-state index is -4.56. The van der Waals surface area contributed by atoms with Crippen LogP contribution in [0.15, 0.2) is 30.3 Å². The van der Waals surface area contributed by atoms with Gasteiger partial charge in [0.1, 0.15) is 6.61 Å². The summed E-state index contributed by atoms with van der Waals surface area (Å²) in [4.78, 5) is 27.9. The van der Waals surface area contributed by atoms with Crippen molar-refractivity contribution in [2.75, 3.05) is 6.61 Å². The molecule has 0 unspecified atom stereocenters. The van der Waals surface area contributed by atoms with Gasteiger partial charge in [-0.2, -0.15) is 0 Å². The van der Waals surface area contributed by atoms with Gasteiger partial charge in [0.25, 0.3) is 0 Å². The summed E-state index contributed by atoms with van der Waals surface area (Å²) in [6, 6.07) is 8.15. The molecule has 7 heteroatoms. The molecule has 2 N–H and O–H groups in total. The van der Waals surface area contributed by atoms with Gasteiger partial charge in [0.2, 0.25) is 0 Å². The Morgan fingerprint density at radius 1 is 1.27 bits per heavy atom. The molecule has 1 rings (SSSR count). The zero-order valence-corrected chi connectivity index (χ0v) is 8.05. The van der Waals surface area contributed by atoms with Crippen LogP contribution in [0.1, 0.15) is 10.4 Å². The summed E-state index contributed by atoms with van der Waals surface area (Å²) in [7, 11) is -4.56. The van der Waals surface area contributed by atoms with Gasteiger partial charge in [-0.15, -0.1) is 0 Å². The van der Waals surface area contributed by atoms with E-state index in [0.29, 0.717) is 5.56 Å². The Balaban J connectivity index is 0.00000196. The van der Waals surface area contributed by atoms with Crippen LogP contribution in [-0.4, -0.2) is 51.7 Å². The Hall–Kier alpha value is 0. The van der Waals surface area contributed by atoms with Crippen molar-refractivity contribution in [2.24, 2.45) is 0 Å². The maximum atomic E-state index is 11.2. The molecule has 0 aromatic heterocycles. The van der Waals surface area contributed by atoms with Gasteiger partial charge in [0.15, 0.2) is 5.78 Å². The number of phosphoric ester groups is 1. The van der Waals surface area contributed by atoms with E-state index in [1.54, 1.807) is 30.3 Å². The molecule has 0 heterocycles. The Bertz CT molecular complexity index is 361. The van der Waals surface area contributed by atoms with E-state index >= 15 is 0 Å². The first-order valence-electron chi connectivity index (χ1n) is 3.77. The summed E-state index contributed by atoms with van der Waals surface area (Å²) in [6.45, 7) is -0.617. The summed E-state index contributed by atoms with van der Waals surface area (Å²) in [5, 5.41) is 0. The first-order valence-corrected chi connectivity index (χ1v) is 5.30. The molecular formula is C8H10NaO5P. The molecule has 1 aromatic carbocycles. The van der Waals surface area contributed by atoms with Crippen molar-refractivity contribution in [3.05, 3.63) is 35.9 Å². The molecule has 0 spiro atoms. The average molecular weight is 240 g/mol. The van der Waals surface area contributed by atoms with Crippen LogP contribution in [0.3, 0.4) is 0 Å². The molecule has 0 saturated heterocycles. The van der Waals surface area contributed by atoms with E-state index in [9.17, 15) is 9.36 Å². The summed E-state index contributed by atoms with van der Waals surface area (Å²) >= 11 is 0. The van der Waals surface area contributed by atoms with Gasteiger partial charge in [-0.05, 0) is 0 Å². The molecule has 1 aromatic rings. The standard InChI is InChI=1S/C8H9O5P.Na.H/c9-8(6-13-14(10,11)12)7-4-2-1-3-5-7;;/h1-5H,6H2,(H2,10,11,12);;. The van der Waals surface area contributed by atoms with E-state index in [2.05, 4.69) is 4.52 Å². The number of carbonyl (C=O) groups is 1. The van der Waals surface area contributed by atoms with Gasteiger partial charge in [0.05, 0.1) is 0 Å². The molecule has 0 saturated carbocycles. The summed E-state index contributed by atoms with van der Waals surface area (Å²) in [6.07, 6.45) is 0. The third-order valence-corrected chi connectivity index (χ3v) is 1.93. The fourth-order valence-electron chi connectivity index (χ4n) is 0.850. The van der Waals surface area contributed by atoms with Crippen molar-refractivity contribution in [2.45, 2.75) is 0 Å². The van der Waals surface area contributed by atoms with E-state index in [1.165, 1.54) is 0 Å². The molecule has 0 atom stereocenters. The number of phosphoric acid groups is 1. The number of Topliss-reactive ketones (excluding diaryl/α,β-unsaturated/α-hetero) is 1. The SMILES string of the molecule is O=C(COP(=O)(O)O)c1ccccc1.[NaH]. The van der Waals surface area contributed by atoms with Gasteiger partial charge in [-0.1, -0.05) is 30.3 Å². The van der Waals surface area contributed by atoms with Crippen LogP contribution in [-0.2, 0) is 9.09 Å².